The van der Waals surface area contributed by atoms with Crippen LogP contribution in [0.25, 0.3) is 0 Å². The van der Waals surface area contributed by atoms with Gasteiger partial charge in [0.15, 0.2) is 0 Å². The predicted molar refractivity (Wildman–Crippen MR) is 107 cm³/mol. The van der Waals surface area contributed by atoms with E-state index in [1.54, 1.807) is 20.0 Å². The van der Waals surface area contributed by atoms with Crippen LogP contribution in [-0.2, 0) is 12.0 Å². The lowest BCUT2D eigenvalue weighted by molar-refractivity contribution is -0.0518. The molecule has 0 aliphatic carbocycles. The molecule has 148 valence electrons. The number of aryl methyl sites for hydroxylation is 1. The summed E-state index contributed by atoms with van der Waals surface area (Å²) < 4.78 is 1.96. The van der Waals surface area contributed by atoms with Gasteiger partial charge >= 0.3 is 0 Å². The van der Waals surface area contributed by atoms with Crippen molar-refractivity contribution in [3.63, 3.8) is 0 Å². The molecule has 1 fully saturated rings. The molecule has 1 aromatic heterocycles. The molecule has 2 aromatic rings. The van der Waals surface area contributed by atoms with Gasteiger partial charge in [0.25, 0.3) is 0 Å². The van der Waals surface area contributed by atoms with Crippen molar-refractivity contribution >= 4 is 0 Å². The Morgan fingerprint density at radius 1 is 1.26 bits per heavy atom. The average molecular weight is 372 g/mol. The number of hydrogen-bond donors (Lipinski definition) is 2. The number of aliphatic hydroxyl groups excluding tert-OH is 1. The Bertz CT molecular complexity index is 750. The molecule has 3 rings (SSSR count). The second-order valence-electron chi connectivity index (χ2n) is 8.37. The standard InChI is InChI=1S/C22H33N3O2/c1-5-8-17-9-6-7-10-20(17)21(26)24-15-19(12-11-16(24)2)25-14-18(13-23-25)22(3,4)27/h6-7,9-10,13-14,16,19,21,26-27H,5,8,11-12,15H2,1-4H3/t16-,19-,21?/m1/s1. The predicted octanol–water partition coefficient (Wildman–Crippen LogP) is 3.78. The van der Waals surface area contributed by atoms with Crippen molar-refractivity contribution in [1.29, 1.82) is 0 Å². The fourth-order valence-corrected chi connectivity index (χ4v) is 3.99. The van der Waals surface area contributed by atoms with E-state index < -0.39 is 11.8 Å². The number of nitrogens with zero attached hydrogens (tertiary/aromatic N) is 3. The Morgan fingerprint density at radius 2 is 2.00 bits per heavy atom. The number of benzene rings is 1. The van der Waals surface area contributed by atoms with Gasteiger partial charge in [0.2, 0.25) is 0 Å². The summed E-state index contributed by atoms with van der Waals surface area (Å²) in [5.74, 6) is 0. The van der Waals surface area contributed by atoms with Crippen LogP contribution in [0.3, 0.4) is 0 Å². The molecular formula is C22H33N3O2. The van der Waals surface area contributed by atoms with Crippen LogP contribution in [0, 0.1) is 0 Å². The number of aromatic nitrogens is 2. The smallest absolute Gasteiger partial charge is 0.134 e. The van der Waals surface area contributed by atoms with Gasteiger partial charge in [-0.05, 0) is 51.2 Å². The van der Waals surface area contributed by atoms with Gasteiger partial charge < -0.3 is 10.2 Å². The first-order valence-electron chi connectivity index (χ1n) is 10.1. The Hall–Kier alpha value is -1.69. The van der Waals surface area contributed by atoms with Crippen molar-refractivity contribution in [2.24, 2.45) is 0 Å². The third kappa shape index (κ3) is 4.42. The van der Waals surface area contributed by atoms with Crippen LogP contribution in [0.15, 0.2) is 36.7 Å². The lowest BCUT2D eigenvalue weighted by atomic mass is 9.95. The minimum atomic E-state index is -0.890. The molecule has 0 saturated carbocycles. The first kappa shape index (κ1) is 20.1. The van der Waals surface area contributed by atoms with Crippen LogP contribution >= 0.6 is 0 Å². The summed E-state index contributed by atoms with van der Waals surface area (Å²) in [4.78, 5) is 2.19. The molecule has 1 aliphatic heterocycles. The molecule has 5 nitrogen and oxygen atoms in total. The molecule has 1 unspecified atom stereocenters. The van der Waals surface area contributed by atoms with Gasteiger partial charge in [-0.1, -0.05) is 37.6 Å². The van der Waals surface area contributed by atoms with Crippen LogP contribution in [0.5, 0.6) is 0 Å². The summed E-state index contributed by atoms with van der Waals surface area (Å²) in [5, 5.41) is 25.9. The zero-order valence-corrected chi connectivity index (χ0v) is 17.0. The van der Waals surface area contributed by atoms with Crippen LogP contribution in [0.1, 0.15) is 75.9 Å². The van der Waals surface area contributed by atoms with E-state index in [0.717, 1.165) is 43.4 Å². The SMILES string of the molecule is CCCc1ccccc1C(O)N1C[C@H](n2cc(C(C)(C)O)cn2)CC[C@H]1C. The van der Waals surface area contributed by atoms with Gasteiger partial charge in [-0.15, -0.1) is 0 Å². The molecule has 2 heterocycles. The number of rotatable bonds is 6. The molecule has 0 spiro atoms. The van der Waals surface area contributed by atoms with Gasteiger partial charge in [-0.2, -0.15) is 5.10 Å². The van der Waals surface area contributed by atoms with Crippen molar-refractivity contribution in [2.75, 3.05) is 6.54 Å². The third-order valence-corrected chi connectivity index (χ3v) is 5.75. The third-order valence-electron chi connectivity index (χ3n) is 5.75. The largest absolute Gasteiger partial charge is 0.386 e. The summed E-state index contributed by atoms with van der Waals surface area (Å²) in [6, 6.07) is 8.74. The quantitative estimate of drug-likeness (QED) is 0.811. The Morgan fingerprint density at radius 3 is 2.67 bits per heavy atom. The molecule has 27 heavy (non-hydrogen) atoms. The van der Waals surface area contributed by atoms with Gasteiger partial charge in [0, 0.05) is 24.3 Å². The molecule has 5 heteroatoms. The van der Waals surface area contributed by atoms with E-state index in [1.807, 2.05) is 29.1 Å². The van der Waals surface area contributed by atoms with Crippen molar-refractivity contribution in [3.8, 4) is 0 Å². The van der Waals surface area contributed by atoms with E-state index >= 15 is 0 Å². The van der Waals surface area contributed by atoms with Gasteiger partial charge in [-0.3, -0.25) is 9.58 Å². The van der Waals surface area contributed by atoms with E-state index in [9.17, 15) is 10.2 Å². The second-order valence-corrected chi connectivity index (χ2v) is 8.37. The zero-order valence-electron chi connectivity index (χ0n) is 17.0. The average Bonchev–Trinajstić information content (AvgIpc) is 3.13. The molecule has 0 radical (unpaired) electrons. The Labute approximate surface area is 162 Å². The van der Waals surface area contributed by atoms with Crippen molar-refractivity contribution < 1.29 is 10.2 Å². The first-order chi connectivity index (χ1) is 12.8. The minimum Gasteiger partial charge on any atom is -0.386 e. The maximum Gasteiger partial charge on any atom is 0.134 e. The summed E-state index contributed by atoms with van der Waals surface area (Å²) in [6.07, 6.45) is 7.16. The molecule has 3 atom stereocenters. The van der Waals surface area contributed by atoms with E-state index in [2.05, 4.69) is 29.9 Å². The Kier molecular flexibility index (Phi) is 6.04. The number of piperidine rings is 1. The van der Waals surface area contributed by atoms with E-state index in [-0.39, 0.29) is 6.04 Å². The highest BCUT2D eigenvalue weighted by atomic mass is 16.3. The molecule has 1 aromatic carbocycles. The lowest BCUT2D eigenvalue weighted by Crippen LogP contribution is -2.44. The van der Waals surface area contributed by atoms with Crippen LogP contribution in [0.2, 0.25) is 0 Å². The Balaban J connectivity index is 1.80. The minimum absolute atomic E-state index is 0.199. The molecule has 0 amide bonds. The van der Waals surface area contributed by atoms with E-state index in [0.29, 0.717) is 6.04 Å². The molecule has 1 saturated heterocycles. The summed E-state index contributed by atoms with van der Waals surface area (Å²) in [6.45, 7) is 8.65. The monoisotopic (exact) mass is 371 g/mol. The van der Waals surface area contributed by atoms with Crippen LogP contribution in [-0.4, -0.2) is 37.5 Å². The normalized spacial score (nSPS) is 22.7. The first-order valence-corrected chi connectivity index (χ1v) is 10.1. The molecule has 1 aliphatic rings. The molecule has 0 bridgehead atoms. The number of hydrogen-bond acceptors (Lipinski definition) is 4. The van der Waals surface area contributed by atoms with Crippen molar-refractivity contribution in [1.82, 2.24) is 14.7 Å². The highest BCUT2D eigenvalue weighted by Gasteiger charge is 2.33. The van der Waals surface area contributed by atoms with Crippen molar-refractivity contribution in [2.45, 2.75) is 77.3 Å². The topological polar surface area (TPSA) is 61.5 Å². The summed E-state index contributed by atoms with van der Waals surface area (Å²) in [5.41, 5.74) is 2.18. The van der Waals surface area contributed by atoms with E-state index in [4.69, 9.17) is 0 Å². The van der Waals surface area contributed by atoms with E-state index in [1.165, 1.54) is 5.56 Å². The van der Waals surface area contributed by atoms with Gasteiger partial charge in [0.1, 0.15) is 6.23 Å². The highest BCUT2D eigenvalue weighted by Crippen LogP contribution is 2.33. The zero-order chi connectivity index (χ0) is 19.6. The number of likely N-dealkylation sites (tertiary alicyclic amines) is 1. The van der Waals surface area contributed by atoms with Gasteiger partial charge in [-0.25, -0.2) is 0 Å². The summed E-state index contributed by atoms with van der Waals surface area (Å²) in [7, 11) is 0. The second kappa shape index (κ2) is 8.13. The fraction of sp³-hybridized carbons (Fsp3) is 0.591. The lowest BCUT2D eigenvalue weighted by Gasteiger charge is -2.41. The fourth-order valence-electron chi connectivity index (χ4n) is 3.99. The van der Waals surface area contributed by atoms with Crippen LogP contribution < -0.4 is 0 Å². The van der Waals surface area contributed by atoms with Crippen molar-refractivity contribution in [3.05, 3.63) is 53.3 Å². The molecule has 2 N–H and O–H groups in total. The maximum absolute atomic E-state index is 11.2. The molecular weight excluding hydrogens is 338 g/mol. The maximum atomic E-state index is 11.2. The number of aliphatic hydroxyl groups is 2. The van der Waals surface area contributed by atoms with Crippen LogP contribution in [0.4, 0.5) is 0 Å². The summed E-state index contributed by atoms with van der Waals surface area (Å²) >= 11 is 0. The van der Waals surface area contributed by atoms with Gasteiger partial charge in [0.05, 0.1) is 17.8 Å². The highest BCUT2D eigenvalue weighted by molar-refractivity contribution is 5.29.